The van der Waals surface area contributed by atoms with Gasteiger partial charge in [-0.2, -0.15) is 0 Å². The summed E-state index contributed by atoms with van der Waals surface area (Å²) >= 11 is 5.07. The number of nitrogens with two attached hydrogens (primary N) is 1. The molecule has 1 aromatic heterocycles. The largest absolute Gasteiger partial charge is 0.488 e. The lowest BCUT2D eigenvalue weighted by molar-refractivity contribution is 0.309. The van der Waals surface area contributed by atoms with Crippen LogP contribution in [0.3, 0.4) is 0 Å². The van der Waals surface area contributed by atoms with Crippen LogP contribution >= 0.6 is 27.3 Å². The topological polar surface area (TPSA) is 67.8 Å². The van der Waals surface area contributed by atoms with Crippen molar-refractivity contribution in [2.45, 2.75) is 6.61 Å². The van der Waals surface area contributed by atoms with E-state index in [1.807, 2.05) is 17.5 Å². The highest BCUT2D eigenvalue weighted by atomic mass is 79.9. The van der Waals surface area contributed by atoms with Gasteiger partial charge in [-0.05, 0) is 39.5 Å². The molecule has 3 N–H and O–H groups in total. The van der Waals surface area contributed by atoms with Crippen molar-refractivity contribution >= 4 is 33.1 Å². The molecule has 0 saturated carbocycles. The molecule has 0 amide bonds. The Labute approximate surface area is 117 Å². The zero-order valence-corrected chi connectivity index (χ0v) is 11.7. The molecule has 2 rings (SSSR count). The average Bonchev–Trinajstić information content (AvgIpc) is 2.81. The first-order chi connectivity index (χ1) is 8.70. The summed E-state index contributed by atoms with van der Waals surface area (Å²) in [5.41, 5.74) is 6.14. The van der Waals surface area contributed by atoms with Crippen molar-refractivity contribution in [2.75, 3.05) is 0 Å². The molecule has 1 aromatic carbocycles. The molecule has 0 unspecified atom stereocenters. The maximum Gasteiger partial charge on any atom is 0.170 e. The first kappa shape index (κ1) is 12.9. The maximum atomic E-state index is 8.61. The summed E-state index contributed by atoms with van der Waals surface area (Å²) in [4.78, 5) is 1.12. The minimum Gasteiger partial charge on any atom is -0.488 e. The second-order valence-corrected chi connectivity index (χ2v) is 5.35. The SMILES string of the molecule is N/C(=N\O)c1cccc(OCc2sccc2Br)c1. The van der Waals surface area contributed by atoms with E-state index in [9.17, 15) is 0 Å². The zero-order valence-electron chi connectivity index (χ0n) is 9.34. The highest BCUT2D eigenvalue weighted by Crippen LogP contribution is 2.24. The van der Waals surface area contributed by atoms with Gasteiger partial charge in [0.25, 0.3) is 0 Å². The summed E-state index contributed by atoms with van der Waals surface area (Å²) in [6.07, 6.45) is 0. The number of rotatable bonds is 4. The Bertz CT molecular complexity index is 569. The smallest absolute Gasteiger partial charge is 0.170 e. The molecule has 18 heavy (non-hydrogen) atoms. The molecule has 0 fully saturated rings. The van der Waals surface area contributed by atoms with Crippen LogP contribution < -0.4 is 10.5 Å². The molecular formula is C12H11BrN2O2S. The lowest BCUT2D eigenvalue weighted by atomic mass is 10.2. The van der Waals surface area contributed by atoms with Crippen molar-refractivity contribution in [2.24, 2.45) is 10.9 Å². The van der Waals surface area contributed by atoms with Crippen LogP contribution in [-0.4, -0.2) is 11.0 Å². The van der Waals surface area contributed by atoms with Gasteiger partial charge < -0.3 is 15.7 Å². The van der Waals surface area contributed by atoms with Crippen molar-refractivity contribution in [1.82, 2.24) is 0 Å². The Kier molecular flexibility index (Phi) is 4.22. The summed E-state index contributed by atoms with van der Waals surface area (Å²) < 4.78 is 6.70. The van der Waals surface area contributed by atoms with E-state index in [1.54, 1.807) is 29.5 Å². The Morgan fingerprint density at radius 2 is 2.28 bits per heavy atom. The highest BCUT2D eigenvalue weighted by molar-refractivity contribution is 9.10. The van der Waals surface area contributed by atoms with Gasteiger partial charge in [0.15, 0.2) is 5.84 Å². The molecular weight excluding hydrogens is 316 g/mol. The van der Waals surface area contributed by atoms with E-state index < -0.39 is 0 Å². The van der Waals surface area contributed by atoms with Crippen LogP contribution in [0.1, 0.15) is 10.4 Å². The van der Waals surface area contributed by atoms with E-state index in [0.717, 1.165) is 9.35 Å². The van der Waals surface area contributed by atoms with Crippen LogP contribution in [0.4, 0.5) is 0 Å². The van der Waals surface area contributed by atoms with E-state index in [4.69, 9.17) is 15.7 Å². The van der Waals surface area contributed by atoms with Crippen LogP contribution in [0.15, 0.2) is 45.3 Å². The fraction of sp³-hybridized carbons (Fsp3) is 0.0833. The average molecular weight is 327 g/mol. The van der Waals surface area contributed by atoms with Gasteiger partial charge in [-0.25, -0.2) is 0 Å². The Morgan fingerprint density at radius 3 is 2.94 bits per heavy atom. The molecule has 0 aliphatic carbocycles. The lowest BCUT2D eigenvalue weighted by Gasteiger charge is -2.06. The van der Waals surface area contributed by atoms with Crippen molar-refractivity contribution in [3.63, 3.8) is 0 Å². The molecule has 0 aliphatic heterocycles. The first-order valence-corrected chi connectivity index (χ1v) is 6.80. The van der Waals surface area contributed by atoms with Gasteiger partial charge in [-0.3, -0.25) is 0 Å². The minimum absolute atomic E-state index is 0.0674. The van der Waals surface area contributed by atoms with Crippen LogP contribution in [0.2, 0.25) is 0 Å². The molecule has 0 bridgehead atoms. The fourth-order valence-electron chi connectivity index (χ4n) is 1.38. The van der Waals surface area contributed by atoms with Gasteiger partial charge in [-0.1, -0.05) is 17.3 Å². The lowest BCUT2D eigenvalue weighted by Crippen LogP contribution is -2.12. The molecule has 0 spiro atoms. The molecule has 6 heteroatoms. The number of hydrogen-bond donors (Lipinski definition) is 2. The van der Waals surface area contributed by atoms with Crippen molar-refractivity contribution in [1.29, 1.82) is 0 Å². The van der Waals surface area contributed by atoms with Crippen LogP contribution in [0, 0.1) is 0 Å². The number of ether oxygens (including phenoxy) is 1. The summed E-state index contributed by atoms with van der Waals surface area (Å²) in [6, 6.07) is 9.09. The molecule has 0 radical (unpaired) electrons. The summed E-state index contributed by atoms with van der Waals surface area (Å²) in [5.74, 6) is 0.747. The Balaban J connectivity index is 2.08. The molecule has 0 saturated heterocycles. The van der Waals surface area contributed by atoms with Crippen LogP contribution in [0.25, 0.3) is 0 Å². The zero-order chi connectivity index (χ0) is 13.0. The molecule has 1 heterocycles. The normalized spacial score (nSPS) is 11.5. The molecule has 94 valence electrons. The quantitative estimate of drug-likeness (QED) is 0.392. The van der Waals surface area contributed by atoms with E-state index in [1.165, 1.54) is 0 Å². The van der Waals surface area contributed by atoms with E-state index in [2.05, 4.69) is 21.1 Å². The van der Waals surface area contributed by atoms with Crippen molar-refractivity contribution in [3.05, 3.63) is 50.6 Å². The third kappa shape index (κ3) is 3.02. The Morgan fingerprint density at radius 1 is 1.44 bits per heavy atom. The third-order valence-electron chi connectivity index (χ3n) is 2.30. The molecule has 2 aromatic rings. The number of halogens is 1. The van der Waals surface area contributed by atoms with Crippen molar-refractivity contribution < 1.29 is 9.94 Å². The van der Waals surface area contributed by atoms with Gasteiger partial charge in [0, 0.05) is 10.0 Å². The van der Waals surface area contributed by atoms with Gasteiger partial charge in [0.05, 0.1) is 4.88 Å². The highest BCUT2D eigenvalue weighted by Gasteiger charge is 2.04. The van der Waals surface area contributed by atoms with Gasteiger partial charge in [0.2, 0.25) is 0 Å². The predicted molar refractivity (Wildman–Crippen MR) is 75.3 cm³/mol. The van der Waals surface area contributed by atoms with E-state index in [-0.39, 0.29) is 5.84 Å². The van der Waals surface area contributed by atoms with Crippen LogP contribution in [0.5, 0.6) is 5.75 Å². The number of thiophene rings is 1. The second kappa shape index (κ2) is 5.88. The van der Waals surface area contributed by atoms with Crippen molar-refractivity contribution in [3.8, 4) is 5.75 Å². The number of nitrogens with zero attached hydrogens (tertiary/aromatic N) is 1. The standard InChI is InChI=1S/C12H11BrN2O2S/c13-10-4-5-18-11(10)7-17-9-3-1-2-8(6-9)12(14)15-16/h1-6,16H,7H2,(H2,14,15). The monoisotopic (exact) mass is 326 g/mol. The first-order valence-electron chi connectivity index (χ1n) is 5.13. The van der Waals surface area contributed by atoms with E-state index >= 15 is 0 Å². The molecule has 4 nitrogen and oxygen atoms in total. The maximum absolute atomic E-state index is 8.61. The predicted octanol–water partition coefficient (Wildman–Crippen LogP) is 3.18. The number of oxime groups is 1. The molecule has 0 aliphatic rings. The number of benzene rings is 1. The third-order valence-corrected chi connectivity index (χ3v) is 4.20. The van der Waals surface area contributed by atoms with E-state index in [0.29, 0.717) is 17.9 Å². The number of amidine groups is 1. The molecule has 0 atom stereocenters. The summed E-state index contributed by atoms with van der Waals surface area (Å²) in [6.45, 7) is 0.484. The van der Waals surface area contributed by atoms with Gasteiger partial charge >= 0.3 is 0 Å². The van der Waals surface area contributed by atoms with Crippen LogP contribution in [-0.2, 0) is 6.61 Å². The summed E-state index contributed by atoms with van der Waals surface area (Å²) in [5, 5.41) is 13.6. The summed E-state index contributed by atoms with van der Waals surface area (Å²) in [7, 11) is 0. The minimum atomic E-state index is 0.0674. The van der Waals surface area contributed by atoms with Gasteiger partial charge in [0.1, 0.15) is 12.4 Å². The number of hydrogen-bond acceptors (Lipinski definition) is 4. The second-order valence-electron chi connectivity index (χ2n) is 3.49. The fourth-order valence-corrected chi connectivity index (χ4v) is 2.76. The Hall–Kier alpha value is -1.53. The van der Waals surface area contributed by atoms with Gasteiger partial charge in [-0.15, -0.1) is 11.3 Å².